The normalized spacial score (nSPS) is 12.0. The fourth-order valence-electron chi connectivity index (χ4n) is 3.63. The molecule has 2 aromatic heterocycles. The van der Waals surface area contributed by atoms with Gasteiger partial charge >= 0.3 is 11.4 Å². The molecule has 0 radical (unpaired) electrons. The monoisotopic (exact) mass is 431 g/mol. The summed E-state index contributed by atoms with van der Waals surface area (Å²) in [6.07, 6.45) is 0. The number of anilines is 1. The van der Waals surface area contributed by atoms with Gasteiger partial charge in [-0.1, -0.05) is 0 Å². The minimum absolute atomic E-state index is 0.000278. The maximum atomic E-state index is 13.1. The van der Waals surface area contributed by atoms with E-state index in [9.17, 15) is 18.0 Å². The SMILES string of the molecule is COc1cc2c(cc1NS(=O)(=O)c1ccc3c(c1)n(C)c(=O)n3C)n(C)c(=O)n2C. The average Bonchev–Trinajstić information content (AvgIpc) is 3.07. The number of hydrogen-bond donors (Lipinski definition) is 1. The topological polar surface area (TPSA) is 109 Å². The van der Waals surface area contributed by atoms with Gasteiger partial charge in [0.05, 0.1) is 39.8 Å². The molecule has 4 rings (SSSR count). The van der Waals surface area contributed by atoms with E-state index in [2.05, 4.69) is 4.72 Å². The number of aryl methyl sites for hydroxylation is 4. The molecule has 0 aliphatic heterocycles. The molecule has 10 nitrogen and oxygen atoms in total. The summed E-state index contributed by atoms with van der Waals surface area (Å²) in [6, 6.07) is 7.64. The third-order valence-electron chi connectivity index (χ3n) is 5.39. The Morgan fingerprint density at radius 2 is 1.27 bits per heavy atom. The summed E-state index contributed by atoms with van der Waals surface area (Å²) in [5.74, 6) is 0.278. The molecule has 11 heteroatoms. The summed E-state index contributed by atoms with van der Waals surface area (Å²) in [5.41, 5.74) is 2.02. The van der Waals surface area contributed by atoms with Crippen molar-refractivity contribution in [1.29, 1.82) is 0 Å². The second kappa shape index (κ2) is 6.52. The lowest BCUT2D eigenvalue weighted by Crippen LogP contribution is -2.19. The van der Waals surface area contributed by atoms with Crippen LogP contribution < -0.4 is 20.8 Å². The van der Waals surface area contributed by atoms with Gasteiger partial charge in [-0.2, -0.15) is 0 Å². The summed E-state index contributed by atoms with van der Waals surface area (Å²) in [6.45, 7) is 0. The number of hydrogen-bond acceptors (Lipinski definition) is 5. The van der Waals surface area contributed by atoms with Gasteiger partial charge in [0, 0.05) is 34.3 Å². The van der Waals surface area contributed by atoms with Crippen molar-refractivity contribution in [2.24, 2.45) is 28.2 Å². The molecule has 2 aromatic carbocycles. The molecule has 0 saturated carbocycles. The number of fused-ring (bicyclic) bond motifs is 2. The summed E-state index contributed by atoms with van der Waals surface area (Å²) >= 11 is 0. The number of methoxy groups -OCH3 is 1. The maximum absolute atomic E-state index is 13.1. The van der Waals surface area contributed by atoms with Crippen molar-refractivity contribution in [3.8, 4) is 5.75 Å². The van der Waals surface area contributed by atoms with Crippen molar-refractivity contribution in [1.82, 2.24) is 18.3 Å². The predicted molar refractivity (Wildman–Crippen MR) is 114 cm³/mol. The highest BCUT2D eigenvalue weighted by Gasteiger charge is 2.21. The van der Waals surface area contributed by atoms with Crippen LogP contribution in [0.15, 0.2) is 44.8 Å². The minimum atomic E-state index is -3.99. The summed E-state index contributed by atoms with van der Waals surface area (Å²) < 4.78 is 39.8. The number of imidazole rings is 2. The molecule has 0 unspecified atom stereocenters. The van der Waals surface area contributed by atoms with Crippen LogP contribution in [0.4, 0.5) is 5.69 Å². The van der Waals surface area contributed by atoms with Gasteiger partial charge in [-0.05, 0) is 24.3 Å². The highest BCUT2D eigenvalue weighted by molar-refractivity contribution is 7.92. The quantitative estimate of drug-likeness (QED) is 0.516. The minimum Gasteiger partial charge on any atom is -0.494 e. The van der Waals surface area contributed by atoms with Gasteiger partial charge in [-0.15, -0.1) is 0 Å². The van der Waals surface area contributed by atoms with Gasteiger partial charge in [0.25, 0.3) is 10.0 Å². The molecule has 158 valence electrons. The van der Waals surface area contributed by atoms with E-state index in [1.165, 1.54) is 37.5 Å². The largest absolute Gasteiger partial charge is 0.494 e. The van der Waals surface area contributed by atoms with Crippen LogP contribution in [0, 0.1) is 0 Å². The van der Waals surface area contributed by atoms with Gasteiger partial charge in [-0.25, -0.2) is 18.0 Å². The molecule has 1 N–H and O–H groups in total. The highest BCUT2D eigenvalue weighted by atomic mass is 32.2. The molecule has 0 saturated heterocycles. The Balaban J connectivity index is 1.85. The molecule has 0 atom stereocenters. The Kier molecular flexibility index (Phi) is 4.31. The van der Waals surface area contributed by atoms with E-state index in [1.54, 1.807) is 46.4 Å². The Bertz CT molecular complexity index is 1550. The number of nitrogens with one attached hydrogen (secondary N) is 1. The van der Waals surface area contributed by atoms with Gasteiger partial charge in [0.2, 0.25) is 0 Å². The molecular formula is C19H21N5O5S. The Morgan fingerprint density at radius 3 is 1.83 bits per heavy atom. The molecule has 2 heterocycles. The first-order valence-electron chi connectivity index (χ1n) is 8.98. The lowest BCUT2D eigenvalue weighted by Gasteiger charge is -2.13. The molecule has 0 aliphatic rings. The van der Waals surface area contributed by atoms with Crippen LogP contribution in [0.1, 0.15) is 0 Å². The van der Waals surface area contributed by atoms with E-state index in [0.717, 1.165) is 0 Å². The Hall–Kier alpha value is -3.47. The number of rotatable bonds is 4. The van der Waals surface area contributed by atoms with Crippen LogP contribution in [0.5, 0.6) is 5.75 Å². The second-order valence-electron chi connectivity index (χ2n) is 7.10. The van der Waals surface area contributed by atoms with E-state index in [4.69, 9.17) is 4.74 Å². The first kappa shape index (κ1) is 19.8. The van der Waals surface area contributed by atoms with E-state index in [-0.39, 0.29) is 27.7 Å². The van der Waals surface area contributed by atoms with Crippen LogP contribution in [0.2, 0.25) is 0 Å². The number of aromatic nitrogens is 4. The fourth-order valence-corrected chi connectivity index (χ4v) is 4.71. The van der Waals surface area contributed by atoms with E-state index in [0.29, 0.717) is 22.1 Å². The second-order valence-corrected chi connectivity index (χ2v) is 8.78. The molecular weight excluding hydrogens is 410 g/mol. The van der Waals surface area contributed by atoms with E-state index < -0.39 is 10.0 Å². The summed E-state index contributed by atoms with van der Waals surface area (Å²) in [7, 11) is 3.88. The summed E-state index contributed by atoms with van der Waals surface area (Å²) in [5, 5.41) is 0. The van der Waals surface area contributed by atoms with Crippen LogP contribution in [0.25, 0.3) is 22.1 Å². The molecule has 0 fully saturated rings. The average molecular weight is 431 g/mol. The smallest absolute Gasteiger partial charge is 0.328 e. The molecule has 0 bridgehead atoms. The maximum Gasteiger partial charge on any atom is 0.328 e. The molecule has 0 spiro atoms. The molecule has 0 aliphatic carbocycles. The number of nitrogens with zero attached hydrogens (tertiary/aromatic N) is 4. The fraction of sp³-hybridized carbons (Fsp3) is 0.263. The third-order valence-corrected chi connectivity index (χ3v) is 6.75. The number of ether oxygens (including phenoxy) is 1. The van der Waals surface area contributed by atoms with Crippen molar-refractivity contribution in [2.45, 2.75) is 4.90 Å². The van der Waals surface area contributed by atoms with Crippen LogP contribution in [0.3, 0.4) is 0 Å². The van der Waals surface area contributed by atoms with Gasteiger partial charge in [0.15, 0.2) is 0 Å². The van der Waals surface area contributed by atoms with Crippen molar-refractivity contribution in [3.63, 3.8) is 0 Å². The van der Waals surface area contributed by atoms with Crippen molar-refractivity contribution < 1.29 is 13.2 Å². The zero-order valence-corrected chi connectivity index (χ0v) is 17.9. The summed E-state index contributed by atoms with van der Waals surface area (Å²) in [4.78, 5) is 24.3. The van der Waals surface area contributed by atoms with Crippen molar-refractivity contribution in [2.75, 3.05) is 11.8 Å². The van der Waals surface area contributed by atoms with Crippen molar-refractivity contribution in [3.05, 3.63) is 51.3 Å². The zero-order chi connectivity index (χ0) is 22.0. The van der Waals surface area contributed by atoms with Crippen molar-refractivity contribution >= 4 is 37.8 Å². The van der Waals surface area contributed by atoms with Gasteiger partial charge in [0.1, 0.15) is 5.75 Å². The Labute approximate surface area is 171 Å². The molecule has 30 heavy (non-hydrogen) atoms. The van der Waals surface area contributed by atoms with Crippen LogP contribution >= 0.6 is 0 Å². The third kappa shape index (κ3) is 2.73. The van der Waals surface area contributed by atoms with E-state index in [1.807, 2.05) is 0 Å². The lowest BCUT2D eigenvalue weighted by atomic mass is 10.2. The number of benzene rings is 2. The molecule has 4 aromatic rings. The van der Waals surface area contributed by atoms with Crippen LogP contribution in [-0.2, 0) is 38.2 Å². The highest BCUT2D eigenvalue weighted by Crippen LogP contribution is 2.32. The van der Waals surface area contributed by atoms with Crippen LogP contribution in [-0.4, -0.2) is 33.8 Å². The number of sulfonamides is 1. The van der Waals surface area contributed by atoms with Gasteiger partial charge in [-0.3, -0.25) is 23.0 Å². The molecule has 0 amide bonds. The Morgan fingerprint density at radius 1 is 0.767 bits per heavy atom. The predicted octanol–water partition coefficient (Wildman–Crippen LogP) is 0.877. The zero-order valence-electron chi connectivity index (χ0n) is 17.1. The lowest BCUT2D eigenvalue weighted by molar-refractivity contribution is 0.417. The van der Waals surface area contributed by atoms with E-state index >= 15 is 0 Å². The first-order chi connectivity index (χ1) is 14.1. The first-order valence-corrected chi connectivity index (χ1v) is 10.5. The van der Waals surface area contributed by atoms with Gasteiger partial charge < -0.3 is 4.74 Å². The standard InChI is InChI=1S/C19H21N5O5S/c1-21-13-7-6-11(8-14(13)22(2)18(21)25)30(27,28)20-12-9-15-16(10-17(12)29-5)24(4)19(26)23(15)3/h6-10,20H,1-5H3.